The molecule has 1 aromatic carbocycles. The smallest absolute Gasteiger partial charge is 0.148 e. The molecule has 3 nitrogen and oxygen atoms in total. The van der Waals surface area contributed by atoms with Crippen LogP contribution in [0.3, 0.4) is 0 Å². The van der Waals surface area contributed by atoms with Crippen molar-refractivity contribution in [1.82, 2.24) is 4.90 Å². The first-order valence-electron chi connectivity index (χ1n) is 8.65. The van der Waals surface area contributed by atoms with Crippen molar-refractivity contribution in [3.05, 3.63) is 29.8 Å². The molecule has 1 saturated carbocycles. The maximum Gasteiger partial charge on any atom is 0.148 e. The van der Waals surface area contributed by atoms with Crippen LogP contribution in [0.25, 0.3) is 0 Å². The maximum atomic E-state index is 11.4. The predicted molar refractivity (Wildman–Crippen MR) is 91.4 cm³/mol. The van der Waals surface area contributed by atoms with E-state index < -0.39 is 0 Å². The monoisotopic (exact) mass is 300 g/mol. The van der Waals surface area contributed by atoms with Crippen molar-refractivity contribution in [3.8, 4) is 0 Å². The van der Waals surface area contributed by atoms with Gasteiger partial charge in [-0.2, -0.15) is 0 Å². The number of hydrogen-bond donors (Lipinski definition) is 0. The van der Waals surface area contributed by atoms with Crippen LogP contribution in [-0.4, -0.2) is 43.4 Å². The molecule has 0 spiro atoms. The van der Waals surface area contributed by atoms with Gasteiger partial charge in [-0.3, -0.25) is 9.69 Å². The molecular weight excluding hydrogens is 272 g/mol. The average Bonchev–Trinajstić information content (AvgIpc) is 2.95. The average molecular weight is 300 g/mol. The Morgan fingerprint density at radius 1 is 1.14 bits per heavy atom. The van der Waals surface area contributed by atoms with E-state index in [0.29, 0.717) is 18.4 Å². The van der Waals surface area contributed by atoms with Gasteiger partial charge in [0.2, 0.25) is 0 Å². The minimum atomic E-state index is 0.432. The zero-order valence-electron chi connectivity index (χ0n) is 13.9. The van der Waals surface area contributed by atoms with Gasteiger partial charge in [0, 0.05) is 38.3 Å². The molecule has 0 N–H and O–H groups in total. The van der Waals surface area contributed by atoms with Gasteiger partial charge in [0.05, 0.1) is 6.54 Å². The summed E-state index contributed by atoms with van der Waals surface area (Å²) in [6.45, 7) is 4.99. The Morgan fingerprint density at radius 3 is 2.41 bits per heavy atom. The number of carbonyl (C=O) groups excluding carboxylic acids is 1. The number of Topliss-reactive ketones (excluding diaryl/α,β-unsaturated/α-hetero) is 1. The van der Waals surface area contributed by atoms with Crippen molar-refractivity contribution < 1.29 is 4.79 Å². The molecule has 1 aliphatic carbocycles. The van der Waals surface area contributed by atoms with Crippen LogP contribution in [0.4, 0.5) is 5.69 Å². The Kier molecular flexibility index (Phi) is 4.82. The fourth-order valence-electron chi connectivity index (χ4n) is 3.95. The molecule has 0 amide bonds. The van der Waals surface area contributed by atoms with Crippen LogP contribution in [-0.2, 0) is 4.79 Å². The molecule has 1 aliphatic heterocycles. The number of nitrogens with zero attached hydrogens (tertiary/aromatic N) is 2. The van der Waals surface area contributed by atoms with Gasteiger partial charge in [-0.1, -0.05) is 17.7 Å². The van der Waals surface area contributed by atoms with Crippen LogP contribution >= 0.6 is 0 Å². The molecule has 2 aliphatic rings. The third kappa shape index (κ3) is 3.70. The zero-order valence-corrected chi connectivity index (χ0v) is 13.9. The molecule has 0 atom stereocenters. The molecule has 120 valence electrons. The van der Waals surface area contributed by atoms with Gasteiger partial charge in [0.1, 0.15) is 5.78 Å². The summed E-state index contributed by atoms with van der Waals surface area (Å²) in [5.41, 5.74) is 2.63. The maximum absolute atomic E-state index is 11.4. The molecule has 0 unspecified atom stereocenters. The largest absolute Gasteiger partial charge is 0.374 e. The van der Waals surface area contributed by atoms with Gasteiger partial charge < -0.3 is 4.90 Å². The van der Waals surface area contributed by atoms with Crippen LogP contribution in [0, 0.1) is 12.8 Å². The van der Waals surface area contributed by atoms with E-state index >= 15 is 0 Å². The SMILES string of the molecule is Cc1ccc(N(C)CC2CCC(N3CCC(=O)C3)CC2)cc1. The minimum absolute atomic E-state index is 0.432. The van der Waals surface area contributed by atoms with Crippen molar-refractivity contribution in [2.24, 2.45) is 5.92 Å². The van der Waals surface area contributed by atoms with E-state index in [4.69, 9.17) is 0 Å². The number of aryl methyl sites for hydroxylation is 1. The number of benzene rings is 1. The first-order valence-corrected chi connectivity index (χ1v) is 8.65. The molecule has 1 aromatic rings. The van der Waals surface area contributed by atoms with Gasteiger partial charge in [0.25, 0.3) is 0 Å². The van der Waals surface area contributed by atoms with Crippen molar-refractivity contribution in [2.45, 2.75) is 45.1 Å². The van der Waals surface area contributed by atoms with Gasteiger partial charge >= 0.3 is 0 Å². The van der Waals surface area contributed by atoms with Crippen molar-refractivity contribution in [2.75, 3.05) is 31.6 Å². The Balaban J connectivity index is 1.47. The Bertz CT molecular complexity index is 503. The van der Waals surface area contributed by atoms with E-state index in [1.54, 1.807) is 0 Å². The van der Waals surface area contributed by atoms with Crippen LogP contribution in [0.2, 0.25) is 0 Å². The van der Waals surface area contributed by atoms with Crippen LogP contribution in [0.5, 0.6) is 0 Å². The summed E-state index contributed by atoms with van der Waals surface area (Å²) in [6.07, 6.45) is 5.90. The van der Waals surface area contributed by atoms with Crippen molar-refractivity contribution >= 4 is 11.5 Å². The molecule has 1 saturated heterocycles. The molecule has 0 bridgehead atoms. The minimum Gasteiger partial charge on any atom is -0.374 e. The lowest BCUT2D eigenvalue weighted by atomic mass is 9.85. The number of anilines is 1. The molecule has 0 radical (unpaired) electrons. The zero-order chi connectivity index (χ0) is 15.5. The first-order chi connectivity index (χ1) is 10.6. The fraction of sp³-hybridized carbons (Fsp3) is 0.632. The fourth-order valence-corrected chi connectivity index (χ4v) is 3.95. The van der Waals surface area contributed by atoms with Crippen molar-refractivity contribution in [1.29, 1.82) is 0 Å². The Hall–Kier alpha value is -1.35. The second kappa shape index (κ2) is 6.82. The summed E-state index contributed by atoms with van der Waals surface area (Å²) >= 11 is 0. The second-order valence-electron chi connectivity index (χ2n) is 7.15. The topological polar surface area (TPSA) is 23.6 Å². The van der Waals surface area contributed by atoms with Gasteiger partial charge in [-0.15, -0.1) is 0 Å². The lowest BCUT2D eigenvalue weighted by molar-refractivity contribution is -0.117. The summed E-state index contributed by atoms with van der Waals surface area (Å²) in [6, 6.07) is 9.47. The number of carbonyl (C=O) groups is 1. The molecule has 3 heteroatoms. The molecule has 0 aromatic heterocycles. The number of rotatable bonds is 4. The highest BCUT2D eigenvalue weighted by atomic mass is 16.1. The van der Waals surface area contributed by atoms with Gasteiger partial charge in [-0.05, 0) is 50.7 Å². The lowest BCUT2D eigenvalue weighted by Crippen LogP contribution is -2.38. The van der Waals surface area contributed by atoms with Crippen LogP contribution in [0.15, 0.2) is 24.3 Å². The predicted octanol–water partition coefficient (Wildman–Crippen LogP) is 3.26. The summed E-state index contributed by atoms with van der Waals surface area (Å²) in [5, 5.41) is 0. The normalized spacial score (nSPS) is 26.4. The van der Waals surface area contributed by atoms with Crippen LogP contribution < -0.4 is 4.90 Å². The van der Waals surface area contributed by atoms with E-state index in [-0.39, 0.29) is 0 Å². The standard InChI is InChI=1S/C19H28N2O/c1-15-3-7-17(8-4-15)20(2)13-16-5-9-18(10-6-16)21-12-11-19(22)14-21/h3-4,7-8,16,18H,5-6,9-14H2,1-2H3. The van der Waals surface area contributed by atoms with E-state index in [9.17, 15) is 4.79 Å². The Labute approximate surface area is 134 Å². The summed E-state index contributed by atoms with van der Waals surface area (Å²) in [4.78, 5) is 16.2. The lowest BCUT2D eigenvalue weighted by Gasteiger charge is -2.36. The van der Waals surface area contributed by atoms with Gasteiger partial charge in [0.15, 0.2) is 0 Å². The molecule has 3 rings (SSSR count). The second-order valence-corrected chi connectivity index (χ2v) is 7.15. The summed E-state index contributed by atoms with van der Waals surface area (Å²) in [5.74, 6) is 1.22. The summed E-state index contributed by atoms with van der Waals surface area (Å²) < 4.78 is 0. The Morgan fingerprint density at radius 2 is 1.82 bits per heavy atom. The molecular formula is C19H28N2O. The van der Waals surface area contributed by atoms with E-state index in [2.05, 4.69) is 48.0 Å². The quantitative estimate of drug-likeness (QED) is 0.852. The molecule has 22 heavy (non-hydrogen) atoms. The molecule has 1 heterocycles. The van der Waals surface area contributed by atoms with Crippen LogP contribution in [0.1, 0.15) is 37.7 Å². The number of hydrogen-bond acceptors (Lipinski definition) is 3. The third-order valence-electron chi connectivity index (χ3n) is 5.40. The first kappa shape index (κ1) is 15.5. The highest BCUT2D eigenvalue weighted by molar-refractivity contribution is 5.82. The van der Waals surface area contributed by atoms with E-state index in [1.807, 2.05) is 0 Å². The summed E-state index contributed by atoms with van der Waals surface area (Å²) in [7, 11) is 2.20. The number of likely N-dealkylation sites (tertiary alicyclic amines) is 1. The third-order valence-corrected chi connectivity index (χ3v) is 5.40. The van der Waals surface area contributed by atoms with E-state index in [0.717, 1.165) is 25.4 Å². The number of ketones is 1. The van der Waals surface area contributed by atoms with E-state index in [1.165, 1.54) is 36.9 Å². The van der Waals surface area contributed by atoms with Gasteiger partial charge in [-0.25, -0.2) is 0 Å². The highest BCUT2D eigenvalue weighted by Gasteiger charge is 2.30. The molecule has 2 fully saturated rings. The highest BCUT2D eigenvalue weighted by Crippen LogP contribution is 2.30. The van der Waals surface area contributed by atoms with Crippen molar-refractivity contribution in [3.63, 3.8) is 0 Å².